The van der Waals surface area contributed by atoms with Gasteiger partial charge in [0.05, 0.1) is 6.21 Å². The summed E-state index contributed by atoms with van der Waals surface area (Å²) in [6, 6.07) is 10.5. The van der Waals surface area contributed by atoms with Crippen LogP contribution < -0.4 is 10.3 Å². The maximum absolute atomic E-state index is 12.0. The summed E-state index contributed by atoms with van der Waals surface area (Å²) in [5.74, 6) is 1.17. The molecule has 2 heterocycles. The number of hydrogen-bond donors (Lipinski definition) is 1. The van der Waals surface area contributed by atoms with E-state index in [1.165, 1.54) is 6.21 Å². The summed E-state index contributed by atoms with van der Waals surface area (Å²) >= 11 is 0. The van der Waals surface area contributed by atoms with Crippen LogP contribution in [0.15, 0.2) is 45.9 Å². The SMILES string of the molecule is Cc1ccc(/C=N/NC(=O)c2ccc(N3CCCC3=O)cc2)o1. The number of amides is 2. The lowest BCUT2D eigenvalue weighted by molar-refractivity contribution is -0.117. The normalized spacial score (nSPS) is 14.7. The number of hydrogen-bond acceptors (Lipinski definition) is 4. The summed E-state index contributed by atoms with van der Waals surface area (Å²) in [7, 11) is 0. The predicted molar refractivity (Wildman–Crippen MR) is 86.5 cm³/mol. The van der Waals surface area contributed by atoms with Crippen molar-refractivity contribution < 1.29 is 14.0 Å². The third-order valence-electron chi connectivity index (χ3n) is 3.63. The number of hydrazone groups is 1. The number of aryl methyl sites for hydroxylation is 1. The second-order valence-electron chi connectivity index (χ2n) is 5.34. The maximum atomic E-state index is 12.0. The minimum atomic E-state index is -0.316. The molecule has 0 radical (unpaired) electrons. The number of furan rings is 1. The summed E-state index contributed by atoms with van der Waals surface area (Å²) in [6.45, 7) is 2.57. The van der Waals surface area contributed by atoms with E-state index in [4.69, 9.17) is 4.42 Å². The van der Waals surface area contributed by atoms with Gasteiger partial charge in [-0.1, -0.05) is 0 Å². The Bertz CT molecular complexity index is 747. The highest BCUT2D eigenvalue weighted by Crippen LogP contribution is 2.21. The van der Waals surface area contributed by atoms with Crippen LogP contribution in [-0.4, -0.2) is 24.6 Å². The second-order valence-corrected chi connectivity index (χ2v) is 5.34. The predicted octanol–water partition coefficient (Wildman–Crippen LogP) is 2.48. The third-order valence-corrected chi connectivity index (χ3v) is 3.63. The van der Waals surface area contributed by atoms with E-state index in [1.54, 1.807) is 35.2 Å². The highest BCUT2D eigenvalue weighted by molar-refractivity contribution is 5.97. The first-order valence-electron chi connectivity index (χ1n) is 7.44. The first-order chi connectivity index (χ1) is 11.1. The number of anilines is 1. The number of carbonyl (C=O) groups is 2. The van der Waals surface area contributed by atoms with Gasteiger partial charge in [0.15, 0.2) is 0 Å². The van der Waals surface area contributed by atoms with Gasteiger partial charge in [0.2, 0.25) is 5.91 Å². The molecule has 1 saturated heterocycles. The Morgan fingerprint density at radius 3 is 2.65 bits per heavy atom. The summed E-state index contributed by atoms with van der Waals surface area (Å²) < 4.78 is 5.32. The van der Waals surface area contributed by atoms with Gasteiger partial charge in [0.25, 0.3) is 5.91 Å². The lowest BCUT2D eigenvalue weighted by atomic mass is 10.2. The Morgan fingerprint density at radius 1 is 1.26 bits per heavy atom. The number of nitrogens with zero attached hydrogens (tertiary/aromatic N) is 2. The molecule has 23 heavy (non-hydrogen) atoms. The smallest absolute Gasteiger partial charge is 0.271 e. The Labute approximate surface area is 133 Å². The average molecular weight is 311 g/mol. The van der Waals surface area contributed by atoms with Crippen LogP contribution in [0.5, 0.6) is 0 Å². The standard InChI is InChI=1S/C17H17N3O3/c1-12-4-9-15(23-12)11-18-19-17(22)13-5-7-14(8-6-13)20-10-2-3-16(20)21/h4-9,11H,2-3,10H2,1H3,(H,19,22)/b18-11+. The molecule has 0 aliphatic carbocycles. The number of rotatable bonds is 4. The van der Waals surface area contributed by atoms with Crippen LogP contribution in [0.1, 0.15) is 34.7 Å². The molecule has 0 bridgehead atoms. The zero-order chi connectivity index (χ0) is 16.2. The van der Waals surface area contributed by atoms with Crippen LogP contribution in [-0.2, 0) is 4.79 Å². The average Bonchev–Trinajstić information content (AvgIpc) is 3.16. The number of carbonyl (C=O) groups excluding carboxylic acids is 2. The maximum Gasteiger partial charge on any atom is 0.271 e. The molecule has 0 saturated carbocycles. The monoisotopic (exact) mass is 311 g/mol. The molecule has 1 N–H and O–H groups in total. The molecule has 2 aromatic rings. The van der Waals surface area contributed by atoms with Gasteiger partial charge in [-0.2, -0.15) is 5.10 Å². The molecule has 0 spiro atoms. The highest BCUT2D eigenvalue weighted by Gasteiger charge is 2.21. The van der Waals surface area contributed by atoms with Crippen LogP contribution >= 0.6 is 0 Å². The molecular weight excluding hydrogens is 294 g/mol. The van der Waals surface area contributed by atoms with E-state index in [0.29, 0.717) is 17.7 Å². The van der Waals surface area contributed by atoms with Gasteiger partial charge in [-0.05, 0) is 49.7 Å². The number of nitrogens with one attached hydrogen (secondary N) is 1. The lowest BCUT2D eigenvalue weighted by Gasteiger charge is -2.15. The Balaban J connectivity index is 1.61. The van der Waals surface area contributed by atoms with Crippen molar-refractivity contribution in [3.05, 3.63) is 53.5 Å². The molecule has 118 valence electrons. The van der Waals surface area contributed by atoms with Crippen molar-refractivity contribution in [1.82, 2.24) is 5.43 Å². The van der Waals surface area contributed by atoms with Crippen LogP contribution in [0, 0.1) is 6.92 Å². The third kappa shape index (κ3) is 3.48. The minimum absolute atomic E-state index is 0.126. The molecule has 1 aromatic carbocycles. The Morgan fingerprint density at radius 2 is 2.04 bits per heavy atom. The molecule has 0 unspecified atom stereocenters. The van der Waals surface area contributed by atoms with Crippen LogP contribution in [0.2, 0.25) is 0 Å². The topological polar surface area (TPSA) is 74.9 Å². The van der Waals surface area contributed by atoms with Crippen molar-refractivity contribution in [2.24, 2.45) is 5.10 Å². The van der Waals surface area contributed by atoms with Crippen LogP contribution in [0.3, 0.4) is 0 Å². The molecule has 1 aliphatic rings. The molecule has 3 rings (SSSR count). The van der Waals surface area contributed by atoms with E-state index >= 15 is 0 Å². The van der Waals surface area contributed by atoms with Gasteiger partial charge in [0.1, 0.15) is 11.5 Å². The van der Waals surface area contributed by atoms with Gasteiger partial charge in [-0.25, -0.2) is 5.43 Å². The van der Waals surface area contributed by atoms with Gasteiger partial charge < -0.3 is 9.32 Å². The van der Waals surface area contributed by atoms with Gasteiger partial charge in [-0.3, -0.25) is 9.59 Å². The first-order valence-corrected chi connectivity index (χ1v) is 7.44. The summed E-state index contributed by atoms with van der Waals surface area (Å²) in [4.78, 5) is 25.4. The van der Waals surface area contributed by atoms with Crippen molar-refractivity contribution in [3.63, 3.8) is 0 Å². The fourth-order valence-electron chi connectivity index (χ4n) is 2.46. The van der Waals surface area contributed by atoms with Gasteiger partial charge >= 0.3 is 0 Å². The van der Waals surface area contributed by atoms with E-state index in [9.17, 15) is 9.59 Å². The van der Waals surface area contributed by atoms with Crippen molar-refractivity contribution in [1.29, 1.82) is 0 Å². The number of benzene rings is 1. The summed E-state index contributed by atoms with van der Waals surface area (Å²) in [6.07, 6.45) is 2.91. The molecule has 1 aliphatic heterocycles. The van der Waals surface area contributed by atoms with Gasteiger partial charge in [0, 0.05) is 24.2 Å². The molecular formula is C17H17N3O3. The largest absolute Gasteiger partial charge is 0.460 e. The van der Waals surface area contributed by atoms with Crippen LogP contribution in [0.25, 0.3) is 0 Å². The fraction of sp³-hybridized carbons (Fsp3) is 0.235. The zero-order valence-corrected chi connectivity index (χ0v) is 12.8. The first kappa shape index (κ1) is 15.0. The molecule has 6 heteroatoms. The summed E-state index contributed by atoms with van der Waals surface area (Å²) in [5.41, 5.74) is 3.74. The Hall–Kier alpha value is -2.89. The lowest BCUT2D eigenvalue weighted by Crippen LogP contribution is -2.24. The van der Waals surface area contributed by atoms with Crippen molar-refractivity contribution >= 4 is 23.7 Å². The van der Waals surface area contributed by atoms with E-state index in [-0.39, 0.29) is 11.8 Å². The molecule has 1 fully saturated rings. The van der Waals surface area contributed by atoms with E-state index < -0.39 is 0 Å². The van der Waals surface area contributed by atoms with Crippen molar-refractivity contribution in [2.75, 3.05) is 11.4 Å². The van der Waals surface area contributed by atoms with Crippen molar-refractivity contribution in [2.45, 2.75) is 19.8 Å². The van der Waals surface area contributed by atoms with Crippen LogP contribution in [0.4, 0.5) is 5.69 Å². The van der Waals surface area contributed by atoms with E-state index in [1.807, 2.05) is 13.0 Å². The molecule has 0 atom stereocenters. The quantitative estimate of drug-likeness (QED) is 0.696. The van der Waals surface area contributed by atoms with Gasteiger partial charge in [-0.15, -0.1) is 0 Å². The van der Waals surface area contributed by atoms with Crippen molar-refractivity contribution in [3.8, 4) is 0 Å². The molecule has 2 amide bonds. The molecule has 6 nitrogen and oxygen atoms in total. The summed E-state index contributed by atoms with van der Waals surface area (Å²) in [5, 5.41) is 3.86. The highest BCUT2D eigenvalue weighted by atomic mass is 16.3. The zero-order valence-electron chi connectivity index (χ0n) is 12.8. The Kier molecular flexibility index (Phi) is 4.23. The minimum Gasteiger partial charge on any atom is -0.460 e. The second kappa shape index (κ2) is 6.48. The van der Waals surface area contributed by atoms with E-state index in [0.717, 1.165) is 24.4 Å². The van der Waals surface area contributed by atoms with E-state index in [2.05, 4.69) is 10.5 Å². The fourth-order valence-corrected chi connectivity index (χ4v) is 2.46. The molecule has 1 aromatic heterocycles.